The number of rotatable bonds is 6. The van der Waals surface area contributed by atoms with Gasteiger partial charge in [0.1, 0.15) is 5.60 Å². The number of carbonyl (C=O) groups excluding carboxylic acids is 1. The summed E-state index contributed by atoms with van der Waals surface area (Å²) in [7, 11) is -2.13. The van der Waals surface area contributed by atoms with Gasteiger partial charge in [0.25, 0.3) is 10.1 Å². The first-order chi connectivity index (χ1) is 14.2. The lowest BCUT2D eigenvalue weighted by Crippen LogP contribution is -2.51. The van der Waals surface area contributed by atoms with Crippen molar-refractivity contribution in [3.8, 4) is 0 Å². The largest absolute Gasteiger partial charge is 0.444 e. The van der Waals surface area contributed by atoms with Gasteiger partial charge in [-0.2, -0.15) is 8.42 Å². The van der Waals surface area contributed by atoms with E-state index >= 15 is 0 Å². The normalized spacial score (nSPS) is 26.9. The molecule has 3 rings (SSSR count). The molecule has 2 aliphatic rings. The van der Waals surface area contributed by atoms with Crippen LogP contribution in [0.5, 0.6) is 0 Å². The van der Waals surface area contributed by atoms with E-state index in [1.165, 1.54) is 7.11 Å². The van der Waals surface area contributed by atoms with Gasteiger partial charge in [0.15, 0.2) is 0 Å². The minimum Gasteiger partial charge on any atom is -0.444 e. The summed E-state index contributed by atoms with van der Waals surface area (Å²) in [6, 6.07) is 5.54. The number of carbonyl (C=O) groups is 1. The minimum atomic E-state index is -3.65. The quantitative estimate of drug-likeness (QED) is 0.550. The van der Waals surface area contributed by atoms with E-state index in [0.29, 0.717) is 36.0 Å². The van der Waals surface area contributed by atoms with Crippen molar-refractivity contribution in [1.29, 1.82) is 0 Å². The summed E-state index contributed by atoms with van der Waals surface area (Å²) in [5.74, 6) is 0. The number of hydrogen-bond donors (Lipinski definition) is 0. The van der Waals surface area contributed by atoms with Crippen LogP contribution in [0, 0.1) is 5.41 Å². The summed E-state index contributed by atoms with van der Waals surface area (Å²) >= 11 is 12.4. The molecule has 1 heterocycles. The van der Waals surface area contributed by atoms with Crippen LogP contribution in [-0.2, 0) is 29.2 Å². The number of ether oxygens (including phenoxy) is 2. The Morgan fingerprint density at radius 3 is 2.48 bits per heavy atom. The SMILES string of the molecule is COC(COS(C)(=O)=O)C12CN(C(=O)OC(C)(C)C)CCC1(c1ccc(Cl)c(Cl)c1)C2. The van der Waals surface area contributed by atoms with Crippen LogP contribution in [0.25, 0.3) is 0 Å². The van der Waals surface area contributed by atoms with E-state index in [4.69, 9.17) is 36.9 Å². The second-order valence-electron chi connectivity index (χ2n) is 9.41. The van der Waals surface area contributed by atoms with Crippen molar-refractivity contribution in [2.24, 2.45) is 5.41 Å². The molecular formula is C21H29Cl2NO6S. The van der Waals surface area contributed by atoms with Crippen LogP contribution in [0.2, 0.25) is 10.0 Å². The zero-order valence-electron chi connectivity index (χ0n) is 18.4. The Kier molecular flexibility index (Phi) is 6.64. The second kappa shape index (κ2) is 8.37. The van der Waals surface area contributed by atoms with Gasteiger partial charge in [-0.05, 0) is 51.3 Å². The van der Waals surface area contributed by atoms with Crippen molar-refractivity contribution in [1.82, 2.24) is 4.90 Å². The standard InChI is InChI=1S/C21H29Cl2NO6S/c1-19(2,3)30-18(25)24-9-8-20(14-6-7-15(22)16(23)10-14)12-21(20,13-24)17(28-4)11-29-31(5,26)27/h6-7,10,17H,8-9,11-13H2,1-5H3. The lowest BCUT2D eigenvalue weighted by Gasteiger charge is -2.41. The van der Waals surface area contributed by atoms with Gasteiger partial charge in [0, 0.05) is 31.0 Å². The van der Waals surface area contributed by atoms with Gasteiger partial charge in [-0.1, -0.05) is 29.3 Å². The van der Waals surface area contributed by atoms with Gasteiger partial charge < -0.3 is 14.4 Å². The number of benzene rings is 1. The molecule has 3 unspecified atom stereocenters. The van der Waals surface area contributed by atoms with Crippen molar-refractivity contribution >= 4 is 39.4 Å². The number of halogens is 2. The summed E-state index contributed by atoms with van der Waals surface area (Å²) in [5, 5.41) is 0.910. The molecule has 2 fully saturated rings. The van der Waals surface area contributed by atoms with Crippen LogP contribution < -0.4 is 0 Å². The number of fused-ring (bicyclic) bond motifs is 1. The lowest BCUT2D eigenvalue weighted by molar-refractivity contribution is -0.0369. The maximum atomic E-state index is 12.8. The van der Waals surface area contributed by atoms with E-state index in [-0.39, 0.29) is 12.0 Å². The number of methoxy groups -OCH3 is 1. The molecule has 1 aliphatic heterocycles. The molecule has 10 heteroatoms. The van der Waals surface area contributed by atoms with E-state index in [0.717, 1.165) is 11.8 Å². The van der Waals surface area contributed by atoms with Crippen molar-refractivity contribution < 1.29 is 26.9 Å². The maximum Gasteiger partial charge on any atom is 0.410 e. The van der Waals surface area contributed by atoms with Gasteiger partial charge in [-0.25, -0.2) is 4.79 Å². The first-order valence-corrected chi connectivity index (χ1v) is 12.6. The number of likely N-dealkylation sites (tertiary alicyclic amines) is 1. The molecule has 174 valence electrons. The Hall–Kier alpha value is -1.06. The second-order valence-corrected chi connectivity index (χ2v) is 11.9. The highest BCUT2D eigenvalue weighted by Gasteiger charge is 2.73. The Morgan fingerprint density at radius 2 is 1.94 bits per heavy atom. The highest BCUT2D eigenvalue weighted by Crippen LogP contribution is 2.71. The molecule has 7 nitrogen and oxygen atoms in total. The topological polar surface area (TPSA) is 82.1 Å². The molecule has 0 radical (unpaired) electrons. The van der Waals surface area contributed by atoms with Crippen molar-refractivity contribution in [3.63, 3.8) is 0 Å². The Labute approximate surface area is 194 Å². The number of amides is 1. The smallest absolute Gasteiger partial charge is 0.410 e. The number of piperidine rings is 1. The molecule has 1 aliphatic carbocycles. The first-order valence-electron chi connectivity index (χ1n) is 10.0. The molecule has 1 aromatic rings. The lowest BCUT2D eigenvalue weighted by atomic mass is 9.77. The van der Waals surface area contributed by atoms with Gasteiger partial charge in [-0.15, -0.1) is 0 Å². The fourth-order valence-corrected chi connectivity index (χ4v) is 5.43. The summed E-state index contributed by atoms with van der Waals surface area (Å²) < 4.78 is 39.6. The molecule has 1 saturated carbocycles. The van der Waals surface area contributed by atoms with E-state index in [1.54, 1.807) is 11.0 Å². The van der Waals surface area contributed by atoms with Crippen LogP contribution in [0.1, 0.15) is 39.2 Å². The number of nitrogens with zero attached hydrogens (tertiary/aromatic N) is 1. The van der Waals surface area contributed by atoms with Gasteiger partial charge in [-0.3, -0.25) is 4.18 Å². The molecule has 0 spiro atoms. The van der Waals surface area contributed by atoms with Gasteiger partial charge in [0.05, 0.1) is 29.0 Å². The van der Waals surface area contributed by atoms with Crippen molar-refractivity contribution in [3.05, 3.63) is 33.8 Å². The molecule has 0 bridgehead atoms. The van der Waals surface area contributed by atoms with E-state index in [9.17, 15) is 13.2 Å². The summed E-state index contributed by atoms with van der Waals surface area (Å²) in [4.78, 5) is 14.5. The highest BCUT2D eigenvalue weighted by atomic mass is 35.5. The van der Waals surface area contributed by atoms with Crippen molar-refractivity contribution in [2.45, 2.75) is 50.7 Å². The third-order valence-corrected chi connectivity index (χ3v) is 7.49. The van der Waals surface area contributed by atoms with Gasteiger partial charge in [0.2, 0.25) is 0 Å². The third-order valence-electron chi connectivity index (χ3n) is 6.19. The van der Waals surface area contributed by atoms with Crippen LogP contribution in [-0.4, -0.2) is 64.2 Å². The molecule has 1 amide bonds. The average molecular weight is 494 g/mol. The Morgan fingerprint density at radius 1 is 1.26 bits per heavy atom. The Bertz CT molecular complexity index is 963. The van der Waals surface area contributed by atoms with Crippen LogP contribution in [0.3, 0.4) is 0 Å². The summed E-state index contributed by atoms with van der Waals surface area (Å²) in [5.41, 5.74) is -0.501. The monoisotopic (exact) mass is 493 g/mol. The molecule has 0 N–H and O–H groups in total. The van der Waals surface area contributed by atoms with Gasteiger partial charge >= 0.3 is 6.09 Å². The summed E-state index contributed by atoms with van der Waals surface area (Å²) in [6.45, 7) is 6.17. The van der Waals surface area contributed by atoms with E-state index in [2.05, 4.69) is 0 Å². The number of hydrogen-bond acceptors (Lipinski definition) is 6. The van der Waals surface area contributed by atoms with Crippen LogP contribution >= 0.6 is 23.2 Å². The van der Waals surface area contributed by atoms with E-state index in [1.807, 2.05) is 32.9 Å². The molecule has 31 heavy (non-hydrogen) atoms. The zero-order chi connectivity index (χ0) is 23.2. The average Bonchev–Trinajstić information content (AvgIpc) is 3.32. The summed E-state index contributed by atoms with van der Waals surface area (Å²) in [6.07, 6.45) is 1.40. The highest BCUT2D eigenvalue weighted by molar-refractivity contribution is 7.85. The predicted octanol–water partition coefficient (Wildman–Crippen LogP) is 4.25. The molecule has 1 saturated heterocycles. The molecule has 0 aromatic heterocycles. The Balaban J connectivity index is 1.95. The van der Waals surface area contributed by atoms with Crippen molar-refractivity contribution in [2.75, 3.05) is 33.1 Å². The molecule has 3 atom stereocenters. The minimum absolute atomic E-state index is 0.138. The van der Waals surface area contributed by atoms with Crippen LogP contribution in [0.15, 0.2) is 18.2 Å². The zero-order valence-corrected chi connectivity index (χ0v) is 20.7. The first kappa shape index (κ1) is 24.6. The maximum absolute atomic E-state index is 12.8. The van der Waals surface area contributed by atoms with Crippen LogP contribution in [0.4, 0.5) is 4.79 Å². The third kappa shape index (κ3) is 4.98. The van der Waals surface area contributed by atoms with E-state index < -0.39 is 33.3 Å². The molecular weight excluding hydrogens is 465 g/mol. The fraction of sp³-hybridized carbons (Fsp3) is 0.667. The molecule has 1 aromatic carbocycles. The fourth-order valence-electron chi connectivity index (χ4n) is 4.76. The predicted molar refractivity (Wildman–Crippen MR) is 119 cm³/mol.